The highest BCUT2D eigenvalue weighted by Gasteiger charge is 2.33. The van der Waals surface area contributed by atoms with Crippen molar-refractivity contribution >= 4 is 41.3 Å². The zero-order valence-corrected chi connectivity index (χ0v) is 18.7. The smallest absolute Gasteiger partial charge is 0.434 e. The molecular weight excluding hydrogens is 549 g/mol. The van der Waals surface area contributed by atoms with Crippen molar-refractivity contribution in [1.82, 2.24) is 15.6 Å². The van der Waals surface area contributed by atoms with E-state index >= 15 is 0 Å². The average molecular weight is 568 g/mol. The van der Waals surface area contributed by atoms with Gasteiger partial charge in [-0.3, -0.25) is 0 Å². The maximum Gasteiger partial charge on any atom is 0.434 e. The molecule has 2 aromatic rings. The Hall–Kier alpha value is -1.77. The molecule has 1 heterocycles. The van der Waals surface area contributed by atoms with E-state index < -0.39 is 24.3 Å². The first-order valence-corrected chi connectivity index (χ1v) is 9.34. The number of nitrogens with one attached hydrogen (secondary N) is 2. The number of hydrogen-bond acceptors (Lipinski definition) is 4. The van der Waals surface area contributed by atoms with Crippen molar-refractivity contribution in [3.8, 4) is 5.75 Å². The molecule has 0 spiro atoms. The molecule has 0 radical (unpaired) electrons. The predicted molar refractivity (Wildman–Crippen MR) is 112 cm³/mol. The van der Waals surface area contributed by atoms with Crippen LogP contribution in [0.2, 0.25) is 0 Å². The summed E-state index contributed by atoms with van der Waals surface area (Å²) in [5.74, 6) is -0.821. The molecule has 168 valence electrons. The van der Waals surface area contributed by atoms with Crippen molar-refractivity contribution in [1.29, 1.82) is 0 Å². The number of halogens is 7. The van der Waals surface area contributed by atoms with E-state index in [-0.39, 0.29) is 60.8 Å². The first-order chi connectivity index (χ1) is 13.7. The number of hydrogen-bond donors (Lipinski definition) is 2. The van der Waals surface area contributed by atoms with Gasteiger partial charge in [0.25, 0.3) is 0 Å². The van der Waals surface area contributed by atoms with Gasteiger partial charge in [0.2, 0.25) is 0 Å². The van der Waals surface area contributed by atoms with Crippen LogP contribution in [0.25, 0.3) is 0 Å². The third kappa shape index (κ3) is 8.16. The number of thiazole rings is 1. The van der Waals surface area contributed by atoms with Crippen LogP contribution in [0.3, 0.4) is 0 Å². The lowest BCUT2D eigenvalue weighted by atomic mass is 10.2. The van der Waals surface area contributed by atoms with E-state index in [1.54, 1.807) is 6.92 Å². The topological polar surface area (TPSA) is 58.5 Å². The van der Waals surface area contributed by atoms with Crippen molar-refractivity contribution < 1.29 is 31.1 Å². The van der Waals surface area contributed by atoms with Gasteiger partial charge in [-0.05, 0) is 19.1 Å². The molecular formula is C17H19F6IN4OS. The Morgan fingerprint density at radius 2 is 2.00 bits per heavy atom. The van der Waals surface area contributed by atoms with Gasteiger partial charge in [-0.1, -0.05) is 6.07 Å². The fourth-order valence-corrected chi connectivity index (χ4v) is 3.05. The van der Waals surface area contributed by atoms with E-state index in [1.807, 2.05) is 0 Å². The Balaban J connectivity index is 0.00000450. The summed E-state index contributed by atoms with van der Waals surface area (Å²) in [6, 6.07) is 3.55. The summed E-state index contributed by atoms with van der Waals surface area (Å²) in [5, 5.41) is 6.99. The van der Waals surface area contributed by atoms with Crippen LogP contribution in [0.1, 0.15) is 23.2 Å². The second-order valence-corrected chi connectivity index (χ2v) is 6.53. The normalized spacial score (nSPS) is 11.9. The summed E-state index contributed by atoms with van der Waals surface area (Å²) >= 11 is 0.893. The SMILES string of the molecule is CCNC(=NCc1c(F)cccc1OC(F)F)NCCc1nc(C(F)(F)F)cs1.I. The minimum Gasteiger partial charge on any atom is -0.434 e. The molecule has 2 N–H and O–H groups in total. The Morgan fingerprint density at radius 3 is 2.60 bits per heavy atom. The number of ether oxygens (including phenoxy) is 1. The monoisotopic (exact) mass is 568 g/mol. The van der Waals surface area contributed by atoms with Crippen molar-refractivity contribution in [2.24, 2.45) is 4.99 Å². The molecule has 0 bridgehead atoms. The van der Waals surface area contributed by atoms with Crippen molar-refractivity contribution in [2.45, 2.75) is 32.7 Å². The number of nitrogens with zero attached hydrogens (tertiary/aromatic N) is 2. The number of guanidine groups is 1. The molecule has 2 rings (SSSR count). The van der Waals surface area contributed by atoms with E-state index in [9.17, 15) is 26.3 Å². The minimum atomic E-state index is -4.49. The number of aliphatic imine (C=N–C) groups is 1. The van der Waals surface area contributed by atoms with Gasteiger partial charge in [0.05, 0.1) is 17.1 Å². The Morgan fingerprint density at radius 1 is 1.27 bits per heavy atom. The Bertz CT molecular complexity index is 831. The summed E-state index contributed by atoms with van der Waals surface area (Å²) in [6.45, 7) is -0.930. The van der Waals surface area contributed by atoms with Crippen LogP contribution in [0.4, 0.5) is 26.3 Å². The van der Waals surface area contributed by atoms with Crippen molar-refractivity contribution in [3.63, 3.8) is 0 Å². The van der Waals surface area contributed by atoms with Gasteiger partial charge in [0, 0.05) is 24.9 Å². The van der Waals surface area contributed by atoms with E-state index in [0.29, 0.717) is 11.6 Å². The fraction of sp³-hybridized carbons (Fsp3) is 0.412. The van der Waals surface area contributed by atoms with Crippen molar-refractivity contribution in [2.75, 3.05) is 13.1 Å². The number of benzene rings is 1. The molecule has 0 unspecified atom stereocenters. The molecule has 0 saturated heterocycles. The first kappa shape index (κ1) is 26.3. The first-order valence-electron chi connectivity index (χ1n) is 8.46. The second kappa shape index (κ2) is 12.2. The number of aromatic nitrogens is 1. The molecule has 0 aliphatic rings. The summed E-state index contributed by atoms with van der Waals surface area (Å²) < 4.78 is 80.9. The molecule has 1 aromatic carbocycles. The van der Waals surface area contributed by atoms with Gasteiger partial charge in [-0.15, -0.1) is 35.3 Å². The van der Waals surface area contributed by atoms with Crippen LogP contribution in [0.5, 0.6) is 5.75 Å². The van der Waals surface area contributed by atoms with Gasteiger partial charge in [-0.25, -0.2) is 14.4 Å². The number of alkyl halides is 5. The van der Waals surface area contributed by atoms with Gasteiger partial charge >= 0.3 is 12.8 Å². The Kier molecular flexibility index (Phi) is 10.7. The van der Waals surface area contributed by atoms with Gasteiger partial charge in [0.15, 0.2) is 11.7 Å². The molecule has 0 fully saturated rings. The van der Waals surface area contributed by atoms with E-state index in [4.69, 9.17) is 0 Å². The third-order valence-corrected chi connectivity index (χ3v) is 4.41. The quantitative estimate of drug-likeness (QED) is 0.208. The van der Waals surface area contributed by atoms with E-state index in [0.717, 1.165) is 22.8 Å². The molecule has 30 heavy (non-hydrogen) atoms. The molecule has 1 aromatic heterocycles. The largest absolute Gasteiger partial charge is 0.434 e. The van der Waals surface area contributed by atoms with Crippen LogP contribution in [-0.4, -0.2) is 30.6 Å². The summed E-state index contributed by atoms with van der Waals surface area (Å²) in [5.41, 5.74) is -1.08. The van der Waals surface area contributed by atoms with Gasteiger partial charge in [-0.2, -0.15) is 22.0 Å². The zero-order chi connectivity index (χ0) is 21.4. The van der Waals surface area contributed by atoms with Crippen LogP contribution >= 0.6 is 35.3 Å². The zero-order valence-electron chi connectivity index (χ0n) is 15.6. The van der Waals surface area contributed by atoms with Crippen LogP contribution in [-0.2, 0) is 19.1 Å². The fourth-order valence-electron chi connectivity index (χ4n) is 2.24. The van der Waals surface area contributed by atoms with E-state index in [1.165, 1.54) is 12.1 Å². The summed E-state index contributed by atoms with van der Waals surface area (Å²) in [7, 11) is 0. The molecule has 0 atom stereocenters. The van der Waals surface area contributed by atoms with Crippen molar-refractivity contribution in [3.05, 3.63) is 45.7 Å². The Labute approximate surface area is 190 Å². The summed E-state index contributed by atoms with van der Waals surface area (Å²) in [6.07, 6.45) is -4.28. The van der Waals surface area contributed by atoms with Crippen LogP contribution in [0, 0.1) is 5.82 Å². The van der Waals surface area contributed by atoms with Crippen LogP contribution in [0.15, 0.2) is 28.6 Å². The van der Waals surface area contributed by atoms with Gasteiger partial charge < -0.3 is 15.4 Å². The molecule has 0 aliphatic heterocycles. The minimum absolute atomic E-state index is 0. The lowest BCUT2D eigenvalue weighted by Gasteiger charge is -2.13. The second-order valence-electron chi connectivity index (χ2n) is 5.59. The maximum absolute atomic E-state index is 14.0. The summed E-state index contributed by atoms with van der Waals surface area (Å²) in [4.78, 5) is 7.65. The van der Waals surface area contributed by atoms with Gasteiger partial charge in [0.1, 0.15) is 11.6 Å². The standard InChI is InChI=1S/C17H18F6N4OS.HI/c1-2-24-16(25-7-6-14-27-13(9-29-14)17(21,22)23)26-8-10-11(18)4-3-5-12(10)28-15(19)20;/h3-5,9,15H,2,6-8H2,1H3,(H2,24,25,26);1H. The average Bonchev–Trinajstić information content (AvgIpc) is 3.10. The highest BCUT2D eigenvalue weighted by atomic mass is 127. The van der Waals surface area contributed by atoms with E-state index in [2.05, 4.69) is 25.3 Å². The molecule has 0 saturated carbocycles. The highest BCUT2D eigenvalue weighted by molar-refractivity contribution is 14.0. The molecule has 0 aliphatic carbocycles. The lowest BCUT2D eigenvalue weighted by molar-refractivity contribution is -0.140. The molecule has 5 nitrogen and oxygen atoms in total. The highest BCUT2D eigenvalue weighted by Crippen LogP contribution is 2.30. The number of rotatable bonds is 8. The molecule has 0 amide bonds. The molecule has 13 heteroatoms. The van der Waals surface area contributed by atoms with Crippen LogP contribution < -0.4 is 15.4 Å². The third-order valence-electron chi connectivity index (χ3n) is 3.50. The maximum atomic E-state index is 14.0. The lowest BCUT2D eigenvalue weighted by Crippen LogP contribution is -2.38. The predicted octanol–water partition coefficient (Wildman–Crippen LogP) is 4.82.